The second-order valence-corrected chi connectivity index (χ2v) is 8.55. The largest absolute Gasteiger partial charge is 0.337 e. The Labute approximate surface area is 160 Å². The Hall–Kier alpha value is -2.05. The molecule has 1 amide bonds. The molecule has 0 N–H and O–H groups in total. The Morgan fingerprint density at radius 1 is 1.23 bits per heavy atom. The predicted molar refractivity (Wildman–Crippen MR) is 106 cm³/mol. The first kappa shape index (κ1) is 17.4. The van der Waals surface area contributed by atoms with Crippen molar-refractivity contribution in [3.63, 3.8) is 0 Å². The molecule has 2 aromatic heterocycles. The minimum absolute atomic E-state index is 0.0300. The van der Waals surface area contributed by atoms with Gasteiger partial charge in [-0.1, -0.05) is 12.1 Å². The molecule has 0 radical (unpaired) electrons. The van der Waals surface area contributed by atoms with E-state index in [9.17, 15) is 9.18 Å². The Kier molecular flexibility index (Phi) is 4.87. The standard InChI is InChI=1S/C20H19FN2OS2/c1-22(12-14-4-6-15(21)7-5-14)19(24)18-16-8-11-25-13-17(16)26-20(18)23-9-2-3-10-23/h2-7,9-10H,8,11-13H2,1H3. The fourth-order valence-corrected chi connectivity index (χ4v) is 5.66. The number of nitrogens with zero attached hydrogens (tertiary/aromatic N) is 2. The highest BCUT2D eigenvalue weighted by molar-refractivity contribution is 7.98. The molecule has 1 aliphatic rings. The maximum atomic E-state index is 13.3. The minimum Gasteiger partial charge on any atom is -0.337 e. The van der Waals surface area contributed by atoms with Gasteiger partial charge in [0.25, 0.3) is 5.91 Å². The molecule has 1 aliphatic heterocycles. The van der Waals surface area contributed by atoms with Gasteiger partial charge >= 0.3 is 0 Å². The first-order valence-electron chi connectivity index (χ1n) is 8.49. The zero-order valence-electron chi connectivity index (χ0n) is 14.4. The Morgan fingerprint density at radius 3 is 2.69 bits per heavy atom. The summed E-state index contributed by atoms with van der Waals surface area (Å²) in [5.74, 6) is 1.80. The number of carbonyl (C=O) groups is 1. The topological polar surface area (TPSA) is 25.2 Å². The van der Waals surface area contributed by atoms with Crippen LogP contribution in [0.2, 0.25) is 0 Å². The van der Waals surface area contributed by atoms with E-state index in [0.717, 1.165) is 34.1 Å². The van der Waals surface area contributed by atoms with Gasteiger partial charge in [-0.05, 0) is 47.6 Å². The van der Waals surface area contributed by atoms with E-state index in [1.54, 1.807) is 28.4 Å². The van der Waals surface area contributed by atoms with Crippen molar-refractivity contribution in [3.05, 3.63) is 76.2 Å². The van der Waals surface area contributed by atoms with Gasteiger partial charge in [-0.25, -0.2) is 4.39 Å². The van der Waals surface area contributed by atoms with Crippen LogP contribution >= 0.6 is 23.1 Å². The average Bonchev–Trinajstić information content (AvgIpc) is 3.30. The average molecular weight is 387 g/mol. The quantitative estimate of drug-likeness (QED) is 0.647. The number of thiophene rings is 1. The molecule has 0 fully saturated rings. The number of aromatic nitrogens is 1. The van der Waals surface area contributed by atoms with Gasteiger partial charge in [-0.3, -0.25) is 4.79 Å². The van der Waals surface area contributed by atoms with Crippen LogP contribution < -0.4 is 0 Å². The van der Waals surface area contributed by atoms with E-state index in [1.807, 2.05) is 47.9 Å². The molecule has 134 valence electrons. The van der Waals surface area contributed by atoms with Gasteiger partial charge in [-0.2, -0.15) is 11.8 Å². The van der Waals surface area contributed by atoms with Gasteiger partial charge in [0.15, 0.2) is 0 Å². The maximum Gasteiger partial charge on any atom is 0.257 e. The lowest BCUT2D eigenvalue weighted by molar-refractivity contribution is 0.0784. The molecule has 0 saturated heterocycles. The van der Waals surface area contributed by atoms with Crippen LogP contribution in [0.3, 0.4) is 0 Å². The third-order valence-electron chi connectivity index (χ3n) is 4.53. The van der Waals surface area contributed by atoms with E-state index in [0.29, 0.717) is 6.54 Å². The molecule has 3 heterocycles. The Morgan fingerprint density at radius 2 is 1.96 bits per heavy atom. The van der Waals surface area contributed by atoms with Crippen LogP contribution in [-0.4, -0.2) is 28.2 Å². The normalized spacial score (nSPS) is 13.5. The van der Waals surface area contributed by atoms with Gasteiger partial charge < -0.3 is 9.47 Å². The van der Waals surface area contributed by atoms with Crippen LogP contribution in [0.5, 0.6) is 0 Å². The molecule has 4 rings (SSSR count). The SMILES string of the molecule is CN(Cc1ccc(F)cc1)C(=O)c1c(-n2cccc2)sc2c1CCSC2. The first-order chi connectivity index (χ1) is 12.6. The van der Waals surface area contributed by atoms with Crippen molar-refractivity contribution in [1.82, 2.24) is 9.47 Å². The monoisotopic (exact) mass is 386 g/mol. The van der Waals surface area contributed by atoms with Crippen molar-refractivity contribution in [2.45, 2.75) is 18.7 Å². The van der Waals surface area contributed by atoms with Crippen molar-refractivity contribution < 1.29 is 9.18 Å². The van der Waals surface area contributed by atoms with Gasteiger partial charge in [-0.15, -0.1) is 11.3 Å². The minimum atomic E-state index is -0.262. The molecule has 0 spiro atoms. The highest BCUT2D eigenvalue weighted by Gasteiger charge is 2.28. The van der Waals surface area contributed by atoms with Crippen LogP contribution in [0, 0.1) is 5.82 Å². The predicted octanol–water partition coefficient (Wildman–Crippen LogP) is 4.74. The summed E-state index contributed by atoms with van der Waals surface area (Å²) in [6, 6.07) is 10.3. The van der Waals surface area contributed by atoms with Crippen molar-refractivity contribution in [3.8, 4) is 5.00 Å². The second-order valence-electron chi connectivity index (χ2n) is 6.36. The highest BCUT2D eigenvalue weighted by Crippen LogP contribution is 2.38. The summed E-state index contributed by atoms with van der Waals surface area (Å²) < 4.78 is 15.2. The lowest BCUT2D eigenvalue weighted by atomic mass is 10.1. The molecule has 26 heavy (non-hydrogen) atoms. The van der Waals surface area contributed by atoms with Crippen LogP contribution in [0.1, 0.15) is 26.4 Å². The molecule has 1 aromatic carbocycles. The summed E-state index contributed by atoms with van der Waals surface area (Å²) >= 11 is 3.64. The fourth-order valence-electron chi connectivity index (χ4n) is 3.22. The zero-order chi connectivity index (χ0) is 18.1. The number of carbonyl (C=O) groups excluding carboxylic acids is 1. The molecule has 3 aromatic rings. The molecule has 0 aliphatic carbocycles. The smallest absolute Gasteiger partial charge is 0.257 e. The van der Waals surface area contributed by atoms with E-state index >= 15 is 0 Å². The third kappa shape index (κ3) is 3.31. The molecule has 0 atom stereocenters. The van der Waals surface area contributed by atoms with Crippen molar-refractivity contribution in [2.24, 2.45) is 0 Å². The summed E-state index contributed by atoms with van der Waals surface area (Å²) in [5, 5.41) is 0.999. The summed E-state index contributed by atoms with van der Waals surface area (Å²) in [4.78, 5) is 16.3. The van der Waals surface area contributed by atoms with Crippen LogP contribution in [0.25, 0.3) is 5.00 Å². The molecular formula is C20H19FN2OS2. The summed E-state index contributed by atoms with van der Waals surface area (Å²) in [7, 11) is 1.81. The van der Waals surface area contributed by atoms with Gasteiger partial charge in [0.2, 0.25) is 0 Å². The molecular weight excluding hydrogens is 367 g/mol. The highest BCUT2D eigenvalue weighted by atomic mass is 32.2. The van der Waals surface area contributed by atoms with Gasteiger partial charge in [0.05, 0.1) is 5.56 Å². The van der Waals surface area contributed by atoms with Gasteiger partial charge in [0, 0.05) is 36.6 Å². The number of hydrogen-bond donors (Lipinski definition) is 0. The molecule has 0 saturated carbocycles. The third-order valence-corrected chi connectivity index (χ3v) is 6.95. The number of fused-ring (bicyclic) bond motifs is 1. The van der Waals surface area contributed by atoms with Gasteiger partial charge in [0.1, 0.15) is 10.8 Å². The number of hydrogen-bond acceptors (Lipinski definition) is 3. The van der Waals surface area contributed by atoms with Crippen LogP contribution in [0.15, 0.2) is 48.8 Å². The van der Waals surface area contributed by atoms with E-state index in [4.69, 9.17) is 0 Å². The van der Waals surface area contributed by atoms with Crippen molar-refractivity contribution in [2.75, 3.05) is 12.8 Å². The second kappa shape index (κ2) is 7.29. The number of rotatable bonds is 4. The summed E-state index contributed by atoms with van der Waals surface area (Å²) in [6.07, 6.45) is 4.91. The van der Waals surface area contributed by atoms with E-state index in [-0.39, 0.29) is 11.7 Å². The van der Waals surface area contributed by atoms with E-state index in [1.165, 1.54) is 22.6 Å². The van der Waals surface area contributed by atoms with E-state index in [2.05, 4.69) is 0 Å². The molecule has 0 bridgehead atoms. The zero-order valence-corrected chi connectivity index (χ0v) is 16.1. The van der Waals surface area contributed by atoms with Crippen LogP contribution in [0.4, 0.5) is 4.39 Å². The van der Waals surface area contributed by atoms with E-state index < -0.39 is 0 Å². The Bertz CT molecular complexity index is 916. The molecule has 6 heteroatoms. The fraction of sp³-hybridized carbons (Fsp3) is 0.250. The van der Waals surface area contributed by atoms with Crippen molar-refractivity contribution >= 4 is 29.0 Å². The number of thioether (sulfide) groups is 1. The Balaban J connectivity index is 1.68. The van der Waals surface area contributed by atoms with Crippen molar-refractivity contribution in [1.29, 1.82) is 0 Å². The first-order valence-corrected chi connectivity index (χ1v) is 10.5. The number of amides is 1. The summed E-state index contributed by atoms with van der Waals surface area (Å²) in [6.45, 7) is 0.462. The lowest BCUT2D eigenvalue weighted by Crippen LogP contribution is -2.28. The lowest BCUT2D eigenvalue weighted by Gasteiger charge is -2.20. The molecule has 0 unspecified atom stereocenters. The number of halogens is 1. The number of benzene rings is 1. The molecule has 3 nitrogen and oxygen atoms in total. The summed E-state index contributed by atoms with van der Waals surface area (Å²) in [5.41, 5.74) is 2.95. The maximum absolute atomic E-state index is 13.3. The van der Waals surface area contributed by atoms with Crippen LogP contribution in [-0.2, 0) is 18.7 Å².